The Morgan fingerprint density at radius 1 is 0.381 bits per heavy atom. The Hall–Kier alpha value is -0.120. The molecule has 0 aromatic rings. The van der Waals surface area contributed by atoms with E-state index in [4.69, 9.17) is 17.2 Å². The number of rotatable bonds is 17. The summed E-state index contributed by atoms with van der Waals surface area (Å²) in [6.07, 6.45) is 18.7. The highest BCUT2D eigenvalue weighted by Gasteiger charge is 2.07. The van der Waals surface area contributed by atoms with Crippen LogP contribution < -0.4 is 17.2 Å². The van der Waals surface area contributed by atoms with Crippen molar-refractivity contribution in [1.29, 1.82) is 0 Å². The fourth-order valence-corrected chi connectivity index (χ4v) is 3.06. The van der Waals surface area contributed by atoms with Gasteiger partial charge in [-0.25, -0.2) is 0 Å². The Balaban J connectivity index is 3.35. The van der Waals surface area contributed by atoms with Crippen LogP contribution >= 0.6 is 0 Å². The van der Waals surface area contributed by atoms with Crippen LogP contribution in [0.4, 0.5) is 0 Å². The van der Waals surface area contributed by atoms with E-state index >= 15 is 0 Å². The minimum Gasteiger partial charge on any atom is -0.330 e. The average molecular weight is 300 g/mol. The van der Waals surface area contributed by atoms with Crippen molar-refractivity contribution in [2.75, 3.05) is 19.6 Å². The largest absolute Gasteiger partial charge is 0.330 e. The van der Waals surface area contributed by atoms with Crippen LogP contribution in [0.1, 0.15) is 89.9 Å². The van der Waals surface area contributed by atoms with E-state index < -0.39 is 0 Å². The first kappa shape index (κ1) is 20.9. The fraction of sp³-hybridized carbons (Fsp3) is 1.00. The van der Waals surface area contributed by atoms with Crippen LogP contribution in [0, 0.1) is 5.92 Å². The van der Waals surface area contributed by atoms with Crippen LogP contribution in [0.3, 0.4) is 0 Å². The van der Waals surface area contributed by atoms with E-state index in [0.29, 0.717) is 0 Å². The summed E-state index contributed by atoms with van der Waals surface area (Å²) >= 11 is 0. The minimum atomic E-state index is 0.837. The van der Waals surface area contributed by atoms with E-state index in [0.717, 1.165) is 25.6 Å². The molecule has 0 aromatic heterocycles. The predicted octanol–water partition coefficient (Wildman–Crippen LogP) is 3.94. The summed E-state index contributed by atoms with van der Waals surface area (Å²) in [6.45, 7) is 2.53. The fourth-order valence-electron chi connectivity index (χ4n) is 3.06. The molecule has 0 heterocycles. The molecule has 0 atom stereocenters. The number of nitrogens with two attached hydrogens (primary N) is 3. The van der Waals surface area contributed by atoms with Crippen molar-refractivity contribution < 1.29 is 0 Å². The van der Waals surface area contributed by atoms with Crippen LogP contribution in [-0.4, -0.2) is 19.6 Å². The smallest absolute Gasteiger partial charge is 0.00772 e. The molecule has 0 amide bonds. The van der Waals surface area contributed by atoms with E-state index in [2.05, 4.69) is 0 Å². The third kappa shape index (κ3) is 16.1. The maximum Gasteiger partial charge on any atom is -0.00772 e. The first-order chi connectivity index (χ1) is 10.3. The number of hydrogen-bond donors (Lipinski definition) is 3. The summed E-state index contributed by atoms with van der Waals surface area (Å²) < 4.78 is 0. The van der Waals surface area contributed by atoms with E-state index in [9.17, 15) is 0 Å². The van der Waals surface area contributed by atoms with E-state index in [1.54, 1.807) is 0 Å². The standard InChI is InChI=1S/C18H41N3/c19-15-9-7-5-3-1-2-4-6-8-12-18(13-10-16-20)14-11-17-21/h18H,1-17,19-21H2. The van der Waals surface area contributed by atoms with Crippen LogP contribution in [0.2, 0.25) is 0 Å². The van der Waals surface area contributed by atoms with Crippen molar-refractivity contribution in [3.63, 3.8) is 0 Å². The summed E-state index contributed by atoms with van der Waals surface area (Å²) in [5.41, 5.74) is 16.7. The van der Waals surface area contributed by atoms with Crippen molar-refractivity contribution in [2.24, 2.45) is 23.1 Å². The highest BCUT2D eigenvalue weighted by Crippen LogP contribution is 2.21. The molecule has 0 aromatic carbocycles. The second-order valence-electron chi connectivity index (χ2n) is 6.49. The maximum atomic E-state index is 5.63. The van der Waals surface area contributed by atoms with Gasteiger partial charge in [0.15, 0.2) is 0 Å². The first-order valence-corrected chi connectivity index (χ1v) is 9.45. The van der Waals surface area contributed by atoms with E-state index in [1.165, 1.54) is 89.9 Å². The van der Waals surface area contributed by atoms with Crippen LogP contribution in [-0.2, 0) is 0 Å². The van der Waals surface area contributed by atoms with Gasteiger partial charge in [0.1, 0.15) is 0 Å². The Morgan fingerprint density at radius 3 is 1.14 bits per heavy atom. The van der Waals surface area contributed by atoms with Crippen molar-refractivity contribution in [1.82, 2.24) is 0 Å². The van der Waals surface area contributed by atoms with Gasteiger partial charge in [-0.3, -0.25) is 0 Å². The lowest BCUT2D eigenvalue weighted by atomic mass is 9.91. The molecule has 0 spiro atoms. The molecule has 0 bridgehead atoms. The lowest BCUT2D eigenvalue weighted by molar-refractivity contribution is 0.383. The second kappa shape index (κ2) is 17.9. The second-order valence-corrected chi connectivity index (χ2v) is 6.49. The zero-order valence-electron chi connectivity index (χ0n) is 14.3. The number of hydrogen-bond acceptors (Lipinski definition) is 3. The molecule has 0 fully saturated rings. The minimum absolute atomic E-state index is 0.837. The summed E-state index contributed by atoms with van der Waals surface area (Å²) in [6, 6.07) is 0. The van der Waals surface area contributed by atoms with Gasteiger partial charge in [0.25, 0.3) is 0 Å². The summed E-state index contributed by atoms with van der Waals surface area (Å²) in [4.78, 5) is 0. The Bertz CT molecular complexity index is 177. The third-order valence-electron chi connectivity index (χ3n) is 4.45. The summed E-state index contributed by atoms with van der Waals surface area (Å²) in [7, 11) is 0. The van der Waals surface area contributed by atoms with E-state index in [-0.39, 0.29) is 0 Å². The Labute approximate surface area is 133 Å². The first-order valence-electron chi connectivity index (χ1n) is 9.45. The molecule has 6 N–H and O–H groups in total. The van der Waals surface area contributed by atoms with Crippen LogP contribution in [0.5, 0.6) is 0 Å². The lowest BCUT2D eigenvalue weighted by Crippen LogP contribution is -2.08. The van der Waals surface area contributed by atoms with E-state index in [1.807, 2.05) is 0 Å². The van der Waals surface area contributed by atoms with Crippen molar-refractivity contribution in [3.8, 4) is 0 Å². The zero-order chi connectivity index (χ0) is 15.6. The quantitative estimate of drug-likeness (QED) is 0.356. The molecule has 0 unspecified atom stereocenters. The predicted molar refractivity (Wildman–Crippen MR) is 95.3 cm³/mol. The third-order valence-corrected chi connectivity index (χ3v) is 4.45. The van der Waals surface area contributed by atoms with Gasteiger partial charge in [-0.15, -0.1) is 0 Å². The van der Waals surface area contributed by atoms with Gasteiger partial charge in [-0.05, 0) is 57.7 Å². The van der Waals surface area contributed by atoms with Crippen molar-refractivity contribution in [3.05, 3.63) is 0 Å². The van der Waals surface area contributed by atoms with Crippen molar-refractivity contribution >= 4 is 0 Å². The molecule has 3 nitrogen and oxygen atoms in total. The van der Waals surface area contributed by atoms with Gasteiger partial charge in [0.2, 0.25) is 0 Å². The van der Waals surface area contributed by atoms with Gasteiger partial charge in [0, 0.05) is 0 Å². The molecule has 128 valence electrons. The van der Waals surface area contributed by atoms with Crippen molar-refractivity contribution in [2.45, 2.75) is 89.9 Å². The van der Waals surface area contributed by atoms with Gasteiger partial charge in [-0.2, -0.15) is 0 Å². The highest BCUT2D eigenvalue weighted by molar-refractivity contribution is 4.61. The van der Waals surface area contributed by atoms with Gasteiger partial charge in [-0.1, -0.05) is 57.8 Å². The molecular weight excluding hydrogens is 258 g/mol. The Morgan fingerprint density at radius 2 is 0.714 bits per heavy atom. The van der Waals surface area contributed by atoms with Gasteiger partial charge >= 0.3 is 0 Å². The topological polar surface area (TPSA) is 78.1 Å². The lowest BCUT2D eigenvalue weighted by Gasteiger charge is -2.16. The maximum absolute atomic E-state index is 5.63. The van der Waals surface area contributed by atoms with Gasteiger partial charge in [0.05, 0.1) is 0 Å². The summed E-state index contributed by atoms with van der Waals surface area (Å²) in [5, 5.41) is 0. The molecule has 21 heavy (non-hydrogen) atoms. The molecule has 0 aliphatic rings. The zero-order valence-corrected chi connectivity index (χ0v) is 14.3. The molecule has 0 rings (SSSR count). The highest BCUT2D eigenvalue weighted by atomic mass is 14.5. The van der Waals surface area contributed by atoms with Crippen LogP contribution in [0.25, 0.3) is 0 Å². The monoisotopic (exact) mass is 299 g/mol. The molecule has 0 aliphatic carbocycles. The molecule has 0 aliphatic heterocycles. The van der Waals surface area contributed by atoms with Gasteiger partial charge < -0.3 is 17.2 Å². The molecule has 3 heteroatoms. The average Bonchev–Trinajstić information content (AvgIpc) is 2.51. The normalized spacial score (nSPS) is 11.4. The molecule has 0 saturated carbocycles. The SMILES string of the molecule is NCCCCCCCCCCCC(CCCN)CCCN. The molecule has 0 saturated heterocycles. The summed E-state index contributed by atoms with van der Waals surface area (Å²) in [5.74, 6) is 0.869. The molecular formula is C18H41N3. The number of unbranched alkanes of at least 4 members (excludes halogenated alkanes) is 8. The molecule has 0 radical (unpaired) electrons. The Kier molecular flexibility index (Phi) is 17.8. The van der Waals surface area contributed by atoms with Crippen LogP contribution in [0.15, 0.2) is 0 Å².